The van der Waals surface area contributed by atoms with E-state index < -0.39 is 11.7 Å². The second-order valence-corrected chi connectivity index (χ2v) is 8.16. The third-order valence-electron chi connectivity index (χ3n) is 4.71. The summed E-state index contributed by atoms with van der Waals surface area (Å²) in [4.78, 5) is 25.7. The molecule has 5 heteroatoms. The maximum Gasteiger partial charge on any atom is 0.299 e. The van der Waals surface area contributed by atoms with Gasteiger partial charge in [0, 0.05) is 6.54 Å². The minimum atomic E-state index is -0.503. The summed E-state index contributed by atoms with van der Waals surface area (Å²) < 4.78 is 5.78. The molecular weight excluding hydrogens is 362 g/mol. The van der Waals surface area contributed by atoms with Gasteiger partial charge in [-0.3, -0.25) is 9.59 Å². The first-order chi connectivity index (χ1) is 12.8. The van der Waals surface area contributed by atoms with Crippen LogP contribution in [0.2, 0.25) is 5.02 Å². The number of unbranched alkanes of at least 4 members (excludes halogenated alkanes) is 1. The van der Waals surface area contributed by atoms with Crippen LogP contribution in [0.25, 0.3) is 0 Å². The van der Waals surface area contributed by atoms with Gasteiger partial charge in [-0.2, -0.15) is 0 Å². The fourth-order valence-corrected chi connectivity index (χ4v) is 3.42. The number of carbonyl (C=O) groups excluding carboxylic acids is 2. The molecule has 1 amide bonds. The zero-order valence-corrected chi connectivity index (χ0v) is 16.7. The van der Waals surface area contributed by atoms with Crippen molar-refractivity contribution in [2.24, 2.45) is 0 Å². The van der Waals surface area contributed by atoms with Gasteiger partial charge in [-0.05, 0) is 48.1 Å². The Bertz CT molecular complexity index is 853. The standard InChI is InChI=1S/C22H24ClNO3/c1-22(2,3)15-9-11-16(12-10-15)27-14-5-4-13-24-19-17(20(25)21(24)26)7-6-8-18(19)23/h6-12H,4-5,13-14H2,1-3H3. The number of amides is 1. The van der Waals surface area contributed by atoms with Crippen molar-refractivity contribution >= 4 is 29.0 Å². The number of carbonyl (C=O) groups is 2. The lowest BCUT2D eigenvalue weighted by molar-refractivity contribution is -0.114. The topological polar surface area (TPSA) is 46.6 Å². The maximum absolute atomic E-state index is 12.2. The van der Waals surface area contributed by atoms with Crippen molar-refractivity contribution in [2.45, 2.75) is 39.0 Å². The zero-order valence-electron chi connectivity index (χ0n) is 15.9. The number of hydrogen-bond donors (Lipinski definition) is 0. The van der Waals surface area contributed by atoms with Gasteiger partial charge in [0.2, 0.25) is 0 Å². The number of hydrogen-bond acceptors (Lipinski definition) is 3. The number of para-hydroxylation sites is 1. The summed E-state index contributed by atoms with van der Waals surface area (Å²) in [6.45, 7) is 7.54. The van der Waals surface area contributed by atoms with Gasteiger partial charge in [-0.25, -0.2) is 0 Å². The summed E-state index contributed by atoms with van der Waals surface area (Å²) in [7, 11) is 0. The van der Waals surface area contributed by atoms with E-state index in [0.29, 0.717) is 29.4 Å². The van der Waals surface area contributed by atoms with Crippen LogP contribution < -0.4 is 9.64 Å². The second-order valence-electron chi connectivity index (χ2n) is 7.75. The summed E-state index contributed by atoms with van der Waals surface area (Å²) in [5.74, 6) is -0.150. The monoisotopic (exact) mass is 385 g/mol. The Morgan fingerprint density at radius 3 is 2.37 bits per heavy atom. The van der Waals surface area contributed by atoms with Gasteiger partial charge >= 0.3 is 0 Å². The van der Waals surface area contributed by atoms with E-state index in [4.69, 9.17) is 16.3 Å². The normalized spacial score (nSPS) is 13.9. The highest BCUT2D eigenvalue weighted by molar-refractivity contribution is 6.54. The van der Waals surface area contributed by atoms with E-state index >= 15 is 0 Å². The Balaban J connectivity index is 1.50. The third-order valence-corrected chi connectivity index (χ3v) is 5.01. The van der Waals surface area contributed by atoms with E-state index in [-0.39, 0.29) is 5.41 Å². The quantitative estimate of drug-likeness (QED) is 0.517. The van der Waals surface area contributed by atoms with Crippen LogP contribution in [0, 0.1) is 0 Å². The lowest BCUT2D eigenvalue weighted by Gasteiger charge is -2.19. The molecule has 4 nitrogen and oxygen atoms in total. The number of rotatable bonds is 6. The SMILES string of the molecule is CC(C)(C)c1ccc(OCCCCN2C(=O)C(=O)c3cccc(Cl)c32)cc1. The van der Waals surface area contributed by atoms with Crippen molar-refractivity contribution < 1.29 is 14.3 Å². The zero-order chi connectivity index (χ0) is 19.6. The van der Waals surface area contributed by atoms with Crippen LogP contribution >= 0.6 is 11.6 Å². The first kappa shape index (κ1) is 19.4. The molecule has 1 heterocycles. The molecule has 0 spiro atoms. The predicted octanol–water partition coefficient (Wildman–Crippen LogP) is 5.03. The summed E-state index contributed by atoms with van der Waals surface area (Å²) in [6, 6.07) is 13.2. The third kappa shape index (κ3) is 4.16. The van der Waals surface area contributed by atoms with E-state index in [0.717, 1.165) is 18.6 Å². The molecule has 0 atom stereocenters. The first-order valence-electron chi connectivity index (χ1n) is 9.17. The van der Waals surface area contributed by atoms with E-state index in [1.165, 1.54) is 10.5 Å². The van der Waals surface area contributed by atoms with Gasteiger partial charge in [-0.15, -0.1) is 0 Å². The fourth-order valence-electron chi connectivity index (χ4n) is 3.14. The predicted molar refractivity (Wildman–Crippen MR) is 108 cm³/mol. The number of fused-ring (bicyclic) bond motifs is 1. The van der Waals surface area contributed by atoms with Crippen LogP contribution in [0.4, 0.5) is 5.69 Å². The van der Waals surface area contributed by atoms with Gasteiger partial charge in [0.15, 0.2) is 0 Å². The van der Waals surface area contributed by atoms with Gasteiger partial charge < -0.3 is 9.64 Å². The molecule has 27 heavy (non-hydrogen) atoms. The van der Waals surface area contributed by atoms with Crippen LogP contribution in [0.15, 0.2) is 42.5 Å². The van der Waals surface area contributed by atoms with Gasteiger partial charge in [0.05, 0.1) is 22.9 Å². The lowest BCUT2D eigenvalue weighted by atomic mass is 9.87. The first-order valence-corrected chi connectivity index (χ1v) is 9.55. The van der Waals surface area contributed by atoms with Crippen LogP contribution in [0.1, 0.15) is 49.5 Å². The van der Waals surface area contributed by atoms with Gasteiger partial charge in [0.1, 0.15) is 5.75 Å². The number of nitrogens with zero attached hydrogens (tertiary/aromatic N) is 1. The van der Waals surface area contributed by atoms with Crippen LogP contribution in [-0.4, -0.2) is 24.8 Å². The highest BCUT2D eigenvalue weighted by Crippen LogP contribution is 2.35. The molecule has 142 valence electrons. The second kappa shape index (κ2) is 7.73. The van der Waals surface area contributed by atoms with Crippen molar-refractivity contribution in [3.8, 4) is 5.75 Å². The van der Waals surface area contributed by atoms with Crippen molar-refractivity contribution in [3.63, 3.8) is 0 Å². The molecule has 0 aliphatic carbocycles. The number of halogens is 1. The largest absolute Gasteiger partial charge is 0.494 e. The van der Waals surface area contributed by atoms with Crippen LogP contribution in [0.5, 0.6) is 5.75 Å². The highest BCUT2D eigenvalue weighted by atomic mass is 35.5. The molecule has 0 saturated carbocycles. The molecule has 3 rings (SSSR count). The summed E-state index contributed by atoms with van der Waals surface area (Å²) in [6.07, 6.45) is 1.50. The average Bonchev–Trinajstić information content (AvgIpc) is 2.87. The van der Waals surface area contributed by atoms with E-state index in [1.54, 1.807) is 18.2 Å². The minimum absolute atomic E-state index is 0.121. The van der Waals surface area contributed by atoms with E-state index in [9.17, 15) is 9.59 Å². The summed E-state index contributed by atoms with van der Waals surface area (Å²) >= 11 is 6.19. The Kier molecular flexibility index (Phi) is 5.56. The Morgan fingerprint density at radius 2 is 1.70 bits per heavy atom. The van der Waals surface area contributed by atoms with Crippen LogP contribution in [-0.2, 0) is 10.2 Å². The Hall–Kier alpha value is -2.33. The molecule has 1 aliphatic rings. The molecule has 2 aromatic rings. The van der Waals surface area contributed by atoms with Crippen molar-refractivity contribution in [1.29, 1.82) is 0 Å². The number of ketones is 1. The number of Topliss-reactive ketones (excluding diaryl/α,β-unsaturated/α-hetero) is 1. The van der Waals surface area contributed by atoms with Crippen molar-refractivity contribution in [1.82, 2.24) is 0 Å². The average molecular weight is 386 g/mol. The number of benzene rings is 2. The molecule has 0 unspecified atom stereocenters. The maximum atomic E-state index is 12.2. The molecule has 0 saturated heterocycles. The number of ether oxygens (including phenoxy) is 1. The minimum Gasteiger partial charge on any atom is -0.494 e. The Morgan fingerprint density at radius 1 is 1.00 bits per heavy atom. The fraction of sp³-hybridized carbons (Fsp3) is 0.364. The molecule has 0 N–H and O–H groups in total. The number of anilines is 1. The molecule has 0 fully saturated rings. The Labute approximate surface area is 165 Å². The van der Waals surface area contributed by atoms with Gasteiger partial charge in [-0.1, -0.05) is 50.6 Å². The smallest absolute Gasteiger partial charge is 0.299 e. The van der Waals surface area contributed by atoms with Crippen molar-refractivity contribution in [3.05, 3.63) is 58.6 Å². The molecular formula is C22H24ClNO3. The summed E-state index contributed by atoms with van der Waals surface area (Å²) in [5.41, 5.74) is 2.31. The highest BCUT2D eigenvalue weighted by Gasteiger charge is 2.36. The van der Waals surface area contributed by atoms with E-state index in [2.05, 4.69) is 32.9 Å². The summed E-state index contributed by atoms with van der Waals surface area (Å²) in [5, 5.41) is 0.432. The van der Waals surface area contributed by atoms with Crippen LogP contribution in [0.3, 0.4) is 0 Å². The molecule has 0 bridgehead atoms. The van der Waals surface area contributed by atoms with E-state index in [1.807, 2.05) is 12.1 Å². The van der Waals surface area contributed by atoms with Crippen molar-refractivity contribution in [2.75, 3.05) is 18.1 Å². The molecule has 0 aromatic heterocycles. The molecule has 0 radical (unpaired) electrons. The lowest BCUT2D eigenvalue weighted by Crippen LogP contribution is -2.31. The van der Waals surface area contributed by atoms with Gasteiger partial charge in [0.25, 0.3) is 11.7 Å². The molecule has 1 aliphatic heterocycles. The molecule has 2 aromatic carbocycles.